The van der Waals surface area contributed by atoms with Crippen molar-refractivity contribution in [2.45, 2.75) is 20.0 Å². The van der Waals surface area contributed by atoms with Crippen LogP contribution in [-0.2, 0) is 13.1 Å². The minimum Gasteiger partial charge on any atom is -0.308 e. The molecule has 1 aromatic heterocycles. The Morgan fingerprint density at radius 3 is 2.74 bits per heavy atom. The average molecular weight is 272 g/mol. The van der Waals surface area contributed by atoms with Crippen molar-refractivity contribution in [1.82, 2.24) is 10.3 Å². The van der Waals surface area contributed by atoms with E-state index >= 15 is 0 Å². The highest BCUT2D eigenvalue weighted by Crippen LogP contribution is 2.17. The first-order chi connectivity index (χ1) is 9.20. The van der Waals surface area contributed by atoms with Crippen LogP contribution in [0, 0.1) is 18.3 Å². The highest BCUT2D eigenvalue weighted by atomic mass is 35.5. The number of nitrogens with one attached hydrogen (secondary N) is 1. The SMILES string of the molecule is Cc1ccncc1CNCc1ccc(C#N)cc1Cl. The van der Waals surface area contributed by atoms with Crippen molar-refractivity contribution >= 4 is 11.6 Å². The molecule has 0 fully saturated rings. The zero-order valence-corrected chi connectivity index (χ0v) is 11.4. The van der Waals surface area contributed by atoms with E-state index in [0.29, 0.717) is 17.1 Å². The van der Waals surface area contributed by atoms with Gasteiger partial charge in [0.25, 0.3) is 0 Å². The van der Waals surface area contributed by atoms with Crippen LogP contribution in [0.25, 0.3) is 0 Å². The summed E-state index contributed by atoms with van der Waals surface area (Å²) in [6, 6.07) is 9.41. The molecular weight excluding hydrogens is 258 g/mol. The third-order valence-corrected chi connectivity index (χ3v) is 3.31. The lowest BCUT2D eigenvalue weighted by Gasteiger charge is -2.08. The van der Waals surface area contributed by atoms with E-state index in [1.165, 1.54) is 11.1 Å². The lowest BCUT2D eigenvalue weighted by atomic mass is 10.1. The quantitative estimate of drug-likeness (QED) is 0.929. The number of benzene rings is 1. The topological polar surface area (TPSA) is 48.7 Å². The van der Waals surface area contributed by atoms with Crippen LogP contribution >= 0.6 is 11.6 Å². The molecule has 0 radical (unpaired) electrons. The summed E-state index contributed by atoms with van der Waals surface area (Å²) in [6.07, 6.45) is 3.65. The second-order valence-corrected chi connectivity index (χ2v) is 4.73. The Hall–Kier alpha value is -1.89. The molecule has 0 unspecified atom stereocenters. The Morgan fingerprint density at radius 2 is 2.05 bits per heavy atom. The van der Waals surface area contributed by atoms with Gasteiger partial charge in [0.05, 0.1) is 11.6 Å². The van der Waals surface area contributed by atoms with Crippen LogP contribution in [0.1, 0.15) is 22.3 Å². The van der Waals surface area contributed by atoms with Crippen LogP contribution in [0.15, 0.2) is 36.7 Å². The first-order valence-electron chi connectivity index (χ1n) is 5.99. The van der Waals surface area contributed by atoms with Crippen molar-refractivity contribution in [2.75, 3.05) is 0 Å². The summed E-state index contributed by atoms with van der Waals surface area (Å²) in [5.74, 6) is 0. The Bertz CT molecular complexity index is 617. The summed E-state index contributed by atoms with van der Waals surface area (Å²) in [5, 5.41) is 12.7. The van der Waals surface area contributed by atoms with Crippen LogP contribution in [0.5, 0.6) is 0 Å². The number of pyridine rings is 1. The normalized spacial score (nSPS) is 10.2. The maximum absolute atomic E-state index is 8.78. The van der Waals surface area contributed by atoms with Crippen molar-refractivity contribution in [3.8, 4) is 6.07 Å². The maximum atomic E-state index is 8.78. The van der Waals surface area contributed by atoms with Crippen LogP contribution in [0.2, 0.25) is 5.02 Å². The van der Waals surface area contributed by atoms with E-state index in [0.717, 1.165) is 12.1 Å². The fourth-order valence-corrected chi connectivity index (χ4v) is 2.02. The molecule has 0 aliphatic carbocycles. The van der Waals surface area contributed by atoms with Gasteiger partial charge in [-0.1, -0.05) is 17.7 Å². The van der Waals surface area contributed by atoms with E-state index in [9.17, 15) is 0 Å². The van der Waals surface area contributed by atoms with Gasteiger partial charge in [0.15, 0.2) is 0 Å². The second-order valence-electron chi connectivity index (χ2n) is 4.32. The molecule has 2 rings (SSSR count). The molecule has 2 aromatic rings. The number of aryl methyl sites for hydroxylation is 1. The molecule has 4 heteroatoms. The highest BCUT2D eigenvalue weighted by molar-refractivity contribution is 6.31. The molecule has 3 nitrogen and oxygen atoms in total. The molecule has 0 saturated heterocycles. The Kier molecular flexibility index (Phi) is 4.51. The van der Waals surface area contributed by atoms with Gasteiger partial charge in [-0.05, 0) is 41.8 Å². The second kappa shape index (κ2) is 6.33. The third-order valence-electron chi connectivity index (χ3n) is 2.96. The van der Waals surface area contributed by atoms with Gasteiger partial charge in [-0.2, -0.15) is 5.26 Å². The van der Waals surface area contributed by atoms with Crippen molar-refractivity contribution in [1.29, 1.82) is 5.26 Å². The van der Waals surface area contributed by atoms with Crippen molar-refractivity contribution in [2.24, 2.45) is 0 Å². The largest absolute Gasteiger partial charge is 0.308 e. The lowest BCUT2D eigenvalue weighted by molar-refractivity contribution is 0.688. The van der Waals surface area contributed by atoms with Crippen LogP contribution in [-0.4, -0.2) is 4.98 Å². The van der Waals surface area contributed by atoms with Gasteiger partial charge in [-0.3, -0.25) is 4.98 Å². The van der Waals surface area contributed by atoms with Gasteiger partial charge in [-0.15, -0.1) is 0 Å². The number of nitrogens with zero attached hydrogens (tertiary/aromatic N) is 2. The summed E-state index contributed by atoms with van der Waals surface area (Å²) in [7, 11) is 0. The fourth-order valence-electron chi connectivity index (χ4n) is 1.77. The van der Waals surface area contributed by atoms with Crippen LogP contribution in [0.4, 0.5) is 0 Å². The van der Waals surface area contributed by atoms with Crippen LogP contribution in [0.3, 0.4) is 0 Å². The molecule has 0 atom stereocenters. The molecule has 0 aliphatic heterocycles. The summed E-state index contributed by atoms with van der Waals surface area (Å²) in [5.41, 5.74) is 3.96. The molecule has 1 heterocycles. The zero-order chi connectivity index (χ0) is 13.7. The first-order valence-corrected chi connectivity index (χ1v) is 6.37. The van der Waals surface area contributed by atoms with Crippen molar-refractivity contribution < 1.29 is 0 Å². The molecule has 1 aromatic carbocycles. The van der Waals surface area contributed by atoms with Gasteiger partial charge in [0, 0.05) is 30.5 Å². The van der Waals surface area contributed by atoms with E-state index in [-0.39, 0.29) is 0 Å². The zero-order valence-electron chi connectivity index (χ0n) is 10.7. The lowest BCUT2D eigenvalue weighted by Crippen LogP contribution is -2.14. The summed E-state index contributed by atoms with van der Waals surface area (Å²) in [4.78, 5) is 4.11. The molecule has 0 aliphatic rings. The molecule has 0 bridgehead atoms. The number of hydrogen-bond donors (Lipinski definition) is 1. The van der Waals surface area contributed by atoms with E-state index in [1.54, 1.807) is 18.3 Å². The van der Waals surface area contributed by atoms with Crippen molar-refractivity contribution in [3.63, 3.8) is 0 Å². The number of aromatic nitrogens is 1. The smallest absolute Gasteiger partial charge is 0.0992 e. The van der Waals surface area contributed by atoms with E-state index in [4.69, 9.17) is 16.9 Å². The minimum absolute atomic E-state index is 0.580. The summed E-state index contributed by atoms with van der Waals surface area (Å²) in [6.45, 7) is 3.47. The monoisotopic (exact) mass is 271 g/mol. The van der Waals surface area contributed by atoms with Crippen molar-refractivity contribution in [3.05, 3.63) is 63.9 Å². The third kappa shape index (κ3) is 3.54. The average Bonchev–Trinajstić information content (AvgIpc) is 2.42. The van der Waals surface area contributed by atoms with Crippen LogP contribution < -0.4 is 5.32 Å². The Labute approximate surface area is 117 Å². The van der Waals surface area contributed by atoms with Gasteiger partial charge < -0.3 is 5.32 Å². The van der Waals surface area contributed by atoms with E-state index in [2.05, 4.69) is 23.3 Å². The maximum Gasteiger partial charge on any atom is 0.0992 e. The highest BCUT2D eigenvalue weighted by Gasteiger charge is 2.02. The molecule has 0 saturated carbocycles. The fraction of sp³-hybridized carbons (Fsp3) is 0.200. The minimum atomic E-state index is 0.580. The predicted molar refractivity (Wildman–Crippen MR) is 75.7 cm³/mol. The summed E-state index contributed by atoms with van der Waals surface area (Å²) < 4.78 is 0. The Balaban J connectivity index is 1.97. The Morgan fingerprint density at radius 1 is 1.26 bits per heavy atom. The number of rotatable bonds is 4. The number of halogens is 1. The van der Waals surface area contributed by atoms with Gasteiger partial charge >= 0.3 is 0 Å². The molecule has 0 amide bonds. The number of hydrogen-bond acceptors (Lipinski definition) is 3. The van der Waals surface area contributed by atoms with Gasteiger partial charge in [-0.25, -0.2) is 0 Å². The summed E-state index contributed by atoms with van der Waals surface area (Å²) >= 11 is 6.12. The van der Waals surface area contributed by atoms with Gasteiger partial charge in [0.1, 0.15) is 0 Å². The van der Waals surface area contributed by atoms with E-state index < -0.39 is 0 Å². The number of nitriles is 1. The standard InChI is InChI=1S/C15H14ClN3/c1-11-4-5-18-9-14(11)10-19-8-13-3-2-12(7-17)6-15(13)16/h2-6,9,19H,8,10H2,1H3. The predicted octanol–water partition coefficient (Wildman–Crippen LogP) is 3.20. The molecular formula is C15H14ClN3. The molecule has 1 N–H and O–H groups in total. The van der Waals surface area contributed by atoms with E-state index in [1.807, 2.05) is 18.3 Å². The first kappa shape index (κ1) is 13.5. The molecule has 96 valence electrons. The molecule has 0 spiro atoms. The molecule has 19 heavy (non-hydrogen) atoms. The van der Waals surface area contributed by atoms with Gasteiger partial charge in [0.2, 0.25) is 0 Å².